The second-order valence-corrected chi connectivity index (χ2v) is 6.35. The van der Waals surface area contributed by atoms with Crippen molar-refractivity contribution in [3.8, 4) is 0 Å². The van der Waals surface area contributed by atoms with E-state index in [1.807, 2.05) is 19.9 Å². The molecule has 0 bridgehead atoms. The van der Waals surface area contributed by atoms with Gasteiger partial charge in [0.1, 0.15) is 0 Å². The number of carbonyl (C=O) groups excluding carboxylic acids is 1. The molecule has 3 heterocycles. The fourth-order valence-corrected chi connectivity index (χ4v) is 3.20. The highest BCUT2D eigenvalue weighted by Crippen LogP contribution is 2.13. The average molecular weight is 314 g/mol. The molecule has 2 aromatic rings. The molecule has 2 aromatic heterocycles. The molecule has 6 nitrogen and oxygen atoms in total. The first-order valence-electron chi connectivity index (χ1n) is 8.13. The number of hydrogen-bond acceptors (Lipinski definition) is 5. The first-order valence-corrected chi connectivity index (χ1v) is 8.13. The Hall–Kier alpha value is -2.08. The molecule has 1 fully saturated rings. The lowest BCUT2D eigenvalue weighted by Gasteiger charge is -2.22. The minimum Gasteiger partial charge on any atom is -0.314 e. The van der Waals surface area contributed by atoms with Crippen molar-refractivity contribution >= 4 is 16.8 Å². The van der Waals surface area contributed by atoms with E-state index in [0.717, 1.165) is 30.6 Å². The van der Waals surface area contributed by atoms with Gasteiger partial charge in [0, 0.05) is 18.2 Å². The lowest BCUT2D eigenvalue weighted by atomic mass is 10.00. The van der Waals surface area contributed by atoms with Gasteiger partial charge in [0.25, 0.3) is 5.56 Å². The molecule has 0 radical (unpaired) electrons. The Labute approximate surface area is 134 Å². The summed E-state index contributed by atoms with van der Waals surface area (Å²) >= 11 is 0. The van der Waals surface area contributed by atoms with Gasteiger partial charge in [0.2, 0.25) is 0 Å². The average Bonchev–Trinajstić information content (AvgIpc) is 2.51. The smallest absolute Gasteiger partial charge is 0.280 e. The Balaban J connectivity index is 1.81. The number of nitrogens with zero attached hydrogens (tertiary/aromatic N) is 3. The van der Waals surface area contributed by atoms with Crippen molar-refractivity contribution in [2.45, 2.75) is 52.1 Å². The molecule has 0 spiro atoms. The summed E-state index contributed by atoms with van der Waals surface area (Å²) in [5, 5.41) is 3.36. The van der Waals surface area contributed by atoms with Crippen LogP contribution >= 0.6 is 0 Å². The van der Waals surface area contributed by atoms with Gasteiger partial charge in [-0.2, -0.15) is 0 Å². The van der Waals surface area contributed by atoms with E-state index in [9.17, 15) is 9.59 Å². The molecule has 23 heavy (non-hydrogen) atoms. The molecular weight excluding hydrogens is 292 g/mol. The SMILES string of the molecule is Cc1cc(C)c2ncn(CC(=O)C[C@@H]3CCCCN3)c(=O)c2n1. The molecule has 1 aliphatic heterocycles. The summed E-state index contributed by atoms with van der Waals surface area (Å²) in [7, 11) is 0. The highest BCUT2D eigenvalue weighted by Gasteiger charge is 2.17. The van der Waals surface area contributed by atoms with E-state index in [0.29, 0.717) is 17.5 Å². The van der Waals surface area contributed by atoms with Crippen molar-refractivity contribution in [1.82, 2.24) is 19.9 Å². The number of pyridine rings is 1. The van der Waals surface area contributed by atoms with E-state index in [4.69, 9.17) is 0 Å². The summed E-state index contributed by atoms with van der Waals surface area (Å²) in [4.78, 5) is 33.4. The summed E-state index contributed by atoms with van der Waals surface area (Å²) in [6.45, 7) is 4.79. The Morgan fingerprint density at radius 1 is 1.35 bits per heavy atom. The van der Waals surface area contributed by atoms with Crippen LogP contribution in [0.15, 0.2) is 17.2 Å². The molecule has 1 aliphatic rings. The molecule has 0 amide bonds. The molecule has 1 saturated heterocycles. The van der Waals surface area contributed by atoms with E-state index >= 15 is 0 Å². The molecule has 0 aromatic carbocycles. The van der Waals surface area contributed by atoms with E-state index in [1.54, 1.807) is 0 Å². The quantitative estimate of drug-likeness (QED) is 0.925. The largest absolute Gasteiger partial charge is 0.314 e. The maximum absolute atomic E-state index is 12.6. The number of fused-ring (bicyclic) bond motifs is 1. The van der Waals surface area contributed by atoms with Crippen LogP contribution in [0.4, 0.5) is 0 Å². The Morgan fingerprint density at radius 3 is 2.91 bits per heavy atom. The fourth-order valence-electron chi connectivity index (χ4n) is 3.20. The zero-order valence-electron chi connectivity index (χ0n) is 13.6. The second-order valence-electron chi connectivity index (χ2n) is 6.35. The summed E-state index contributed by atoms with van der Waals surface area (Å²) in [6.07, 6.45) is 5.27. The maximum atomic E-state index is 12.6. The number of aromatic nitrogens is 3. The van der Waals surface area contributed by atoms with Crippen molar-refractivity contribution in [3.63, 3.8) is 0 Å². The Morgan fingerprint density at radius 2 is 2.17 bits per heavy atom. The number of rotatable bonds is 4. The summed E-state index contributed by atoms with van der Waals surface area (Å²) < 4.78 is 1.37. The fraction of sp³-hybridized carbons (Fsp3) is 0.529. The summed E-state index contributed by atoms with van der Waals surface area (Å²) in [6, 6.07) is 2.14. The first-order chi connectivity index (χ1) is 11.0. The highest BCUT2D eigenvalue weighted by molar-refractivity contribution is 5.80. The third-order valence-electron chi connectivity index (χ3n) is 4.33. The Bertz CT molecular complexity index is 791. The van der Waals surface area contributed by atoms with Crippen LogP contribution < -0.4 is 10.9 Å². The van der Waals surface area contributed by atoms with Gasteiger partial charge >= 0.3 is 0 Å². The number of ketones is 1. The number of piperidine rings is 1. The molecule has 3 rings (SSSR count). The van der Waals surface area contributed by atoms with Crippen LogP contribution in [0.1, 0.15) is 36.9 Å². The van der Waals surface area contributed by atoms with Crippen LogP contribution in [0, 0.1) is 13.8 Å². The monoisotopic (exact) mass is 314 g/mol. The van der Waals surface area contributed by atoms with Crippen molar-refractivity contribution in [2.24, 2.45) is 0 Å². The van der Waals surface area contributed by atoms with Gasteiger partial charge in [-0.3, -0.25) is 14.2 Å². The number of hydrogen-bond donors (Lipinski definition) is 1. The van der Waals surface area contributed by atoms with E-state index < -0.39 is 0 Å². The van der Waals surface area contributed by atoms with Gasteiger partial charge < -0.3 is 5.32 Å². The lowest BCUT2D eigenvalue weighted by Crippen LogP contribution is -2.37. The topological polar surface area (TPSA) is 76.9 Å². The van der Waals surface area contributed by atoms with Gasteiger partial charge in [-0.25, -0.2) is 9.97 Å². The molecule has 1 N–H and O–H groups in total. The molecule has 0 saturated carbocycles. The standard InChI is InChI=1S/C17H22N4O2/c1-11-7-12(2)20-16-15(11)19-10-21(17(16)23)9-14(22)8-13-5-3-4-6-18-13/h7,10,13,18H,3-6,8-9H2,1-2H3/t13-/m0/s1. The normalized spacial score (nSPS) is 18.3. The molecule has 122 valence electrons. The highest BCUT2D eigenvalue weighted by atomic mass is 16.1. The number of nitrogens with one attached hydrogen (secondary N) is 1. The van der Waals surface area contributed by atoms with Crippen molar-refractivity contribution in [2.75, 3.05) is 6.54 Å². The first kappa shape index (κ1) is 15.8. The number of aryl methyl sites for hydroxylation is 2. The second kappa shape index (κ2) is 6.58. The summed E-state index contributed by atoms with van der Waals surface area (Å²) in [5.41, 5.74) is 2.41. The van der Waals surface area contributed by atoms with Gasteiger partial charge in [-0.05, 0) is 44.9 Å². The van der Waals surface area contributed by atoms with Gasteiger partial charge in [0.05, 0.1) is 18.4 Å². The van der Waals surface area contributed by atoms with Crippen molar-refractivity contribution in [1.29, 1.82) is 0 Å². The van der Waals surface area contributed by atoms with E-state index in [2.05, 4.69) is 15.3 Å². The number of Topliss-reactive ketones (excluding diaryl/α,β-unsaturated/α-hetero) is 1. The van der Waals surface area contributed by atoms with E-state index in [-0.39, 0.29) is 23.9 Å². The Kier molecular flexibility index (Phi) is 4.52. The van der Waals surface area contributed by atoms with E-state index in [1.165, 1.54) is 17.3 Å². The van der Waals surface area contributed by atoms with Gasteiger partial charge in [-0.15, -0.1) is 0 Å². The van der Waals surface area contributed by atoms with Crippen LogP contribution in [-0.4, -0.2) is 32.9 Å². The maximum Gasteiger partial charge on any atom is 0.280 e. The predicted octanol–water partition coefficient (Wildman–Crippen LogP) is 1.51. The third kappa shape index (κ3) is 3.47. The molecule has 6 heteroatoms. The van der Waals surface area contributed by atoms with Crippen molar-refractivity contribution in [3.05, 3.63) is 34.0 Å². The zero-order chi connectivity index (χ0) is 16.4. The minimum atomic E-state index is -0.244. The van der Waals surface area contributed by atoms with Crippen LogP contribution in [0.2, 0.25) is 0 Å². The molecular formula is C17H22N4O2. The van der Waals surface area contributed by atoms with Crippen LogP contribution in [0.5, 0.6) is 0 Å². The predicted molar refractivity (Wildman–Crippen MR) is 88.5 cm³/mol. The zero-order valence-corrected chi connectivity index (χ0v) is 13.6. The summed E-state index contributed by atoms with van der Waals surface area (Å²) in [5.74, 6) is 0.0528. The minimum absolute atomic E-state index is 0.0528. The van der Waals surface area contributed by atoms with Crippen molar-refractivity contribution < 1.29 is 4.79 Å². The molecule has 0 aliphatic carbocycles. The third-order valence-corrected chi connectivity index (χ3v) is 4.33. The molecule has 1 atom stereocenters. The van der Waals surface area contributed by atoms with Crippen LogP contribution in [0.25, 0.3) is 11.0 Å². The lowest BCUT2D eigenvalue weighted by molar-refractivity contribution is -0.120. The van der Waals surface area contributed by atoms with Gasteiger partial charge in [-0.1, -0.05) is 6.42 Å². The molecule has 0 unspecified atom stereocenters. The van der Waals surface area contributed by atoms with Crippen LogP contribution in [-0.2, 0) is 11.3 Å². The number of carbonyl (C=O) groups is 1. The van der Waals surface area contributed by atoms with Crippen LogP contribution in [0.3, 0.4) is 0 Å². The van der Waals surface area contributed by atoms with Gasteiger partial charge in [0.15, 0.2) is 11.3 Å².